The molecule has 0 spiro atoms. The molecular weight excluding hydrogens is 574 g/mol. The molecule has 4 aromatic carbocycles. The summed E-state index contributed by atoms with van der Waals surface area (Å²) in [5.74, 6) is -1.39. The number of amides is 3. The maximum absolute atomic E-state index is 14.1. The molecule has 0 saturated carbocycles. The molecule has 2 atom stereocenters. The zero-order valence-electron chi connectivity index (χ0n) is 26.5. The summed E-state index contributed by atoms with van der Waals surface area (Å²) in [6, 6.07) is 37.3. The molecule has 7 heteroatoms. The summed E-state index contributed by atoms with van der Waals surface area (Å²) >= 11 is 0. The van der Waals surface area contributed by atoms with Crippen molar-refractivity contribution in [2.24, 2.45) is 0 Å². The van der Waals surface area contributed by atoms with Gasteiger partial charge in [0.05, 0.1) is 6.04 Å². The average molecular weight is 620 g/mol. The van der Waals surface area contributed by atoms with E-state index in [1.54, 1.807) is 0 Å². The van der Waals surface area contributed by atoms with Crippen molar-refractivity contribution in [3.05, 3.63) is 144 Å². The number of carbonyl (C=O) groups is 3. The van der Waals surface area contributed by atoms with Crippen LogP contribution in [0, 0.1) is 0 Å². The van der Waals surface area contributed by atoms with Crippen LogP contribution in [0.2, 0.25) is 0 Å². The molecule has 0 aliphatic carbocycles. The van der Waals surface area contributed by atoms with Crippen LogP contribution < -0.4 is 16.0 Å². The number of hydrogen-bond donors (Lipinski definition) is 4. The summed E-state index contributed by atoms with van der Waals surface area (Å²) in [4.78, 5) is 40.3. The number of aliphatic hydroxyl groups is 1. The second kappa shape index (κ2) is 17.7. The van der Waals surface area contributed by atoms with E-state index in [0.29, 0.717) is 6.42 Å². The fourth-order valence-electron chi connectivity index (χ4n) is 5.72. The van der Waals surface area contributed by atoms with Gasteiger partial charge in [-0.25, -0.2) is 0 Å². The molecule has 1 unspecified atom stereocenters. The fraction of sp³-hybridized carbons (Fsp3) is 0.308. The van der Waals surface area contributed by atoms with Crippen molar-refractivity contribution in [2.75, 3.05) is 0 Å². The number of unbranched alkanes of at least 4 members (excludes halogenated alkanes) is 4. The Hall–Kier alpha value is -4.75. The minimum absolute atomic E-state index is 0.208. The third-order valence-electron chi connectivity index (χ3n) is 8.17. The number of aliphatic hydroxyl groups excluding tert-OH is 1. The highest BCUT2D eigenvalue weighted by atomic mass is 16.3. The van der Waals surface area contributed by atoms with E-state index < -0.39 is 29.5 Å². The van der Waals surface area contributed by atoms with Gasteiger partial charge in [0.1, 0.15) is 5.54 Å². The first-order chi connectivity index (χ1) is 22.4. The molecule has 46 heavy (non-hydrogen) atoms. The third-order valence-corrected chi connectivity index (χ3v) is 8.17. The molecule has 0 heterocycles. The monoisotopic (exact) mass is 619 g/mol. The van der Waals surface area contributed by atoms with Crippen molar-refractivity contribution < 1.29 is 19.5 Å². The average Bonchev–Trinajstić information content (AvgIpc) is 3.10. The van der Waals surface area contributed by atoms with Crippen LogP contribution in [-0.4, -0.2) is 35.0 Å². The zero-order valence-corrected chi connectivity index (χ0v) is 26.5. The highest BCUT2D eigenvalue weighted by Crippen LogP contribution is 2.37. The third kappa shape index (κ3) is 9.38. The van der Waals surface area contributed by atoms with Crippen LogP contribution in [0.4, 0.5) is 0 Å². The highest BCUT2D eigenvalue weighted by Gasteiger charge is 2.39. The Morgan fingerprint density at radius 3 is 1.63 bits per heavy atom. The van der Waals surface area contributed by atoms with Crippen LogP contribution in [0.5, 0.6) is 0 Å². The van der Waals surface area contributed by atoms with E-state index in [1.807, 2.05) is 121 Å². The van der Waals surface area contributed by atoms with Gasteiger partial charge >= 0.3 is 0 Å². The first-order valence-electron chi connectivity index (χ1n) is 16.2. The summed E-state index contributed by atoms with van der Waals surface area (Å²) in [6.07, 6.45) is 3.16. The van der Waals surface area contributed by atoms with Gasteiger partial charge < -0.3 is 21.1 Å². The highest BCUT2D eigenvalue weighted by molar-refractivity contribution is 5.86. The van der Waals surface area contributed by atoms with Gasteiger partial charge in [-0.2, -0.15) is 0 Å². The van der Waals surface area contributed by atoms with E-state index in [1.165, 1.54) is 0 Å². The molecule has 4 N–H and O–H groups in total. The lowest BCUT2D eigenvalue weighted by Crippen LogP contribution is -2.54. The van der Waals surface area contributed by atoms with Crippen LogP contribution >= 0.6 is 0 Å². The van der Waals surface area contributed by atoms with Crippen LogP contribution in [0.3, 0.4) is 0 Å². The van der Waals surface area contributed by atoms with Crippen molar-refractivity contribution in [2.45, 2.75) is 76.1 Å². The molecule has 0 aliphatic heterocycles. The van der Waals surface area contributed by atoms with Gasteiger partial charge in [0.25, 0.3) is 5.91 Å². The van der Waals surface area contributed by atoms with Gasteiger partial charge in [-0.1, -0.05) is 154 Å². The number of rotatable bonds is 17. The van der Waals surface area contributed by atoms with E-state index in [-0.39, 0.29) is 25.3 Å². The smallest absolute Gasteiger partial charge is 0.251 e. The van der Waals surface area contributed by atoms with Crippen molar-refractivity contribution >= 4 is 17.7 Å². The quantitative estimate of drug-likeness (QED) is 0.0858. The lowest BCUT2D eigenvalue weighted by Gasteiger charge is -2.37. The Bertz CT molecular complexity index is 1400. The number of benzene rings is 4. The standard InChI is InChI=1S/C39H45N3O4/c1-2-3-4-5-18-27-35(43)41-34(37(45)38(46)40-29-30-19-10-6-11-20-30)28-36(44)42-39(31-21-12-7-13-22-31,32-23-14-8-15-24-32)33-25-16-9-17-26-33/h6-17,19-26,34,37,45H,2-5,18,27-29H2,1H3,(H,40,46)(H,41,43)(H,42,44)/t34-,37?/m0/s1. The maximum Gasteiger partial charge on any atom is 0.251 e. The first kappa shape index (κ1) is 34.1. The molecule has 0 aliphatic rings. The van der Waals surface area contributed by atoms with Crippen LogP contribution in [0.25, 0.3) is 0 Å². The molecule has 3 amide bonds. The molecule has 4 aromatic rings. The Morgan fingerprint density at radius 2 is 1.13 bits per heavy atom. The molecule has 4 rings (SSSR count). The Morgan fingerprint density at radius 1 is 0.652 bits per heavy atom. The molecule has 0 aromatic heterocycles. The van der Waals surface area contributed by atoms with E-state index in [2.05, 4.69) is 22.9 Å². The first-order valence-corrected chi connectivity index (χ1v) is 16.2. The second-order valence-corrected chi connectivity index (χ2v) is 11.6. The Balaban J connectivity index is 1.60. The predicted octanol–water partition coefficient (Wildman–Crippen LogP) is 6.01. The number of carbonyl (C=O) groups excluding carboxylic acids is 3. The summed E-state index contributed by atoms with van der Waals surface area (Å²) in [7, 11) is 0. The maximum atomic E-state index is 14.1. The molecular formula is C39H45N3O4. The van der Waals surface area contributed by atoms with Gasteiger partial charge in [0.2, 0.25) is 11.8 Å². The van der Waals surface area contributed by atoms with Crippen molar-refractivity contribution in [1.82, 2.24) is 16.0 Å². The lowest BCUT2D eigenvalue weighted by atomic mass is 9.77. The lowest BCUT2D eigenvalue weighted by molar-refractivity contribution is -0.133. The Labute approximate surface area is 272 Å². The van der Waals surface area contributed by atoms with Crippen LogP contribution in [0.15, 0.2) is 121 Å². The molecule has 0 radical (unpaired) electrons. The summed E-state index contributed by atoms with van der Waals surface area (Å²) in [5.41, 5.74) is 2.32. The van der Waals surface area contributed by atoms with Gasteiger partial charge in [-0.15, -0.1) is 0 Å². The van der Waals surface area contributed by atoms with Gasteiger partial charge in [0.15, 0.2) is 6.10 Å². The van der Waals surface area contributed by atoms with Crippen LogP contribution in [0.1, 0.15) is 74.1 Å². The Kier molecular flexibility index (Phi) is 13.1. The van der Waals surface area contributed by atoms with Crippen molar-refractivity contribution in [1.29, 1.82) is 0 Å². The molecule has 0 fully saturated rings. The van der Waals surface area contributed by atoms with Crippen LogP contribution in [-0.2, 0) is 26.5 Å². The van der Waals surface area contributed by atoms with Crippen molar-refractivity contribution in [3.63, 3.8) is 0 Å². The minimum atomic E-state index is -1.64. The number of nitrogens with one attached hydrogen (secondary N) is 3. The topological polar surface area (TPSA) is 108 Å². The van der Waals surface area contributed by atoms with Gasteiger partial charge in [-0.3, -0.25) is 14.4 Å². The largest absolute Gasteiger partial charge is 0.381 e. The summed E-state index contributed by atoms with van der Waals surface area (Å²) in [5, 5.41) is 20.1. The summed E-state index contributed by atoms with van der Waals surface area (Å²) < 4.78 is 0. The minimum Gasteiger partial charge on any atom is -0.381 e. The molecule has 0 bridgehead atoms. The zero-order chi connectivity index (χ0) is 32.6. The fourth-order valence-corrected chi connectivity index (χ4v) is 5.72. The summed E-state index contributed by atoms with van der Waals surface area (Å²) in [6.45, 7) is 2.34. The van der Waals surface area contributed by atoms with Crippen molar-refractivity contribution in [3.8, 4) is 0 Å². The van der Waals surface area contributed by atoms with E-state index in [9.17, 15) is 19.5 Å². The van der Waals surface area contributed by atoms with E-state index in [4.69, 9.17) is 0 Å². The predicted molar refractivity (Wildman–Crippen MR) is 182 cm³/mol. The number of hydrogen-bond acceptors (Lipinski definition) is 4. The second-order valence-electron chi connectivity index (χ2n) is 11.6. The molecule has 240 valence electrons. The molecule has 0 saturated heterocycles. The van der Waals surface area contributed by atoms with E-state index in [0.717, 1.165) is 47.9 Å². The SMILES string of the molecule is CCCCCCCC(=O)N[C@@H](CC(=O)NC(c1ccccc1)(c1ccccc1)c1ccccc1)C(O)C(=O)NCc1ccccc1. The van der Waals surface area contributed by atoms with Gasteiger partial charge in [0, 0.05) is 19.4 Å². The molecule has 7 nitrogen and oxygen atoms in total. The normalized spacial score (nSPS) is 12.5. The van der Waals surface area contributed by atoms with Gasteiger partial charge in [-0.05, 0) is 28.7 Å². The van der Waals surface area contributed by atoms with E-state index >= 15 is 0 Å².